The maximum Gasteiger partial charge on any atom is 0.416 e. The van der Waals surface area contributed by atoms with Gasteiger partial charge in [-0.25, -0.2) is 4.79 Å². The average molecular weight is 467 g/mol. The monoisotopic (exact) mass is 467 g/mol. The van der Waals surface area contributed by atoms with Gasteiger partial charge in [0, 0.05) is 22.6 Å². The zero-order valence-electron chi connectivity index (χ0n) is 16.5. The Bertz CT molecular complexity index is 1180. The highest BCUT2D eigenvalue weighted by atomic mass is 19.4. The molecule has 0 aliphatic rings. The van der Waals surface area contributed by atoms with Gasteiger partial charge in [-0.3, -0.25) is 4.79 Å². The molecule has 0 fully saturated rings. The van der Waals surface area contributed by atoms with Crippen LogP contribution in [0.2, 0.25) is 0 Å². The molecule has 3 aromatic rings. The summed E-state index contributed by atoms with van der Waals surface area (Å²) in [5.41, 5.74) is -1.87. The Morgan fingerprint density at radius 2 is 1.00 bits per heavy atom. The fraction of sp³-hybridized carbons (Fsp3) is 0.0909. The summed E-state index contributed by atoms with van der Waals surface area (Å²) >= 11 is 0. The fourth-order valence-corrected chi connectivity index (χ4v) is 2.78. The smallest absolute Gasteiger partial charge is 0.322 e. The zero-order valence-corrected chi connectivity index (χ0v) is 16.5. The lowest BCUT2D eigenvalue weighted by molar-refractivity contribution is -0.138. The number of urea groups is 1. The number of halogens is 6. The first-order chi connectivity index (χ1) is 15.4. The van der Waals surface area contributed by atoms with E-state index in [0.717, 1.165) is 36.4 Å². The quantitative estimate of drug-likeness (QED) is 0.378. The van der Waals surface area contributed by atoms with Crippen molar-refractivity contribution in [1.82, 2.24) is 0 Å². The van der Waals surface area contributed by atoms with E-state index in [4.69, 9.17) is 0 Å². The number of nitrogens with one attached hydrogen (secondary N) is 3. The van der Waals surface area contributed by atoms with Gasteiger partial charge in [-0.05, 0) is 54.6 Å². The van der Waals surface area contributed by atoms with Gasteiger partial charge in [0.05, 0.1) is 11.1 Å². The van der Waals surface area contributed by atoms with Gasteiger partial charge in [0.25, 0.3) is 5.91 Å². The Labute approximate surface area is 183 Å². The lowest BCUT2D eigenvalue weighted by atomic mass is 10.1. The number of amides is 3. The second-order valence-electron chi connectivity index (χ2n) is 6.77. The molecule has 3 aromatic carbocycles. The Kier molecular flexibility index (Phi) is 6.61. The summed E-state index contributed by atoms with van der Waals surface area (Å²) in [5, 5.41) is 6.97. The molecule has 3 amide bonds. The number of carbonyl (C=O) groups is 2. The molecule has 0 spiro atoms. The van der Waals surface area contributed by atoms with Crippen molar-refractivity contribution in [2.45, 2.75) is 12.4 Å². The van der Waals surface area contributed by atoms with Crippen LogP contribution in [0.3, 0.4) is 0 Å². The van der Waals surface area contributed by atoms with Crippen LogP contribution in [-0.2, 0) is 12.4 Å². The van der Waals surface area contributed by atoms with Crippen LogP contribution in [0.5, 0.6) is 0 Å². The minimum atomic E-state index is -4.57. The standard InChI is InChI=1S/C22H15F6N3O2/c23-21(24,25)14-5-2-8-17(11-14)29-19(32)13-4-1-7-16(10-13)30-20(33)31-18-9-3-6-15(12-18)22(26,27)28/h1-12H,(H,29,32)(H2,30,31,33). The molecule has 3 rings (SSSR count). The molecule has 0 unspecified atom stereocenters. The Morgan fingerprint density at radius 1 is 0.576 bits per heavy atom. The zero-order chi connectivity index (χ0) is 24.2. The van der Waals surface area contributed by atoms with Crippen molar-refractivity contribution in [3.63, 3.8) is 0 Å². The summed E-state index contributed by atoms with van der Waals surface area (Å²) in [5.74, 6) is -0.726. The van der Waals surface area contributed by atoms with Crippen LogP contribution in [0.25, 0.3) is 0 Å². The van der Waals surface area contributed by atoms with E-state index in [0.29, 0.717) is 0 Å². The molecule has 0 aliphatic carbocycles. The summed E-state index contributed by atoms with van der Waals surface area (Å²) in [6, 6.07) is 12.7. The summed E-state index contributed by atoms with van der Waals surface area (Å²) in [4.78, 5) is 24.5. The summed E-state index contributed by atoms with van der Waals surface area (Å²) in [6.45, 7) is 0. The molecular formula is C22H15F6N3O2. The lowest BCUT2D eigenvalue weighted by Crippen LogP contribution is -2.20. The topological polar surface area (TPSA) is 70.2 Å². The van der Waals surface area contributed by atoms with Gasteiger partial charge < -0.3 is 16.0 Å². The van der Waals surface area contributed by atoms with E-state index in [2.05, 4.69) is 16.0 Å². The molecule has 5 nitrogen and oxygen atoms in total. The van der Waals surface area contributed by atoms with Gasteiger partial charge in [-0.1, -0.05) is 18.2 Å². The predicted molar refractivity (Wildman–Crippen MR) is 110 cm³/mol. The van der Waals surface area contributed by atoms with Crippen molar-refractivity contribution >= 4 is 29.0 Å². The maximum atomic E-state index is 12.8. The van der Waals surface area contributed by atoms with Crippen LogP contribution in [0, 0.1) is 0 Å². The highest BCUT2D eigenvalue weighted by molar-refractivity contribution is 6.06. The van der Waals surface area contributed by atoms with Crippen molar-refractivity contribution in [2.24, 2.45) is 0 Å². The number of alkyl halides is 6. The minimum Gasteiger partial charge on any atom is -0.322 e. The molecule has 0 aliphatic heterocycles. The third kappa shape index (κ3) is 6.48. The molecular weight excluding hydrogens is 452 g/mol. The van der Waals surface area contributed by atoms with Crippen LogP contribution in [0.1, 0.15) is 21.5 Å². The molecule has 0 bridgehead atoms. The van der Waals surface area contributed by atoms with E-state index < -0.39 is 35.4 Å². The van der Waals surface area contributed by atoms with Gasteiger partial charge in [0.15, 0.2) is 0 Å². The molecule has 0 saturated heterocycles. The SMILES string of the molecule is O=C(Nc1cccc(C(=O)Nc2cccc(C(F)(F)F)c2)c1)Nc1cccc(C(F)(F)F)c1. The number of anilines is 3. The van der Waals surface area contributed by atoms with Crippen molar-refractivity contribution in [3.8, 4) is 0 Å². The Balaban J connectivity index is 1.67. The second-order valence-corrected chi connectivity index (χ2v) is 6.77. The summed E-state index contributed by atoms with van der Waals surface area (Å²) in [7, 11) is 0. The van der Waals surface area contributed by atoms with Crippen LogP contribution in [0.15, 0.2) is 72.8 Å². The van der Waals surface area contributed by atoms with Crippen LogP contribution < -0.4 is 16.0 Å². The van der Waals surface area contributed by atoms with Crippen molar-refractivity contribution in [2.75, 3.05) is 16.0 Å². The molecule has 172 valence electrons. The third-order valence-electron chi connectivity index (χ3n) is 4.28. The molecule has 0 radical (unpaired) electrons. The lowest BCUT2D eigenvalue weighted by Gasteiger charge is -2.12. The van der Waals surface area contributed by atoms with Gasteiger partial charge in [0.2, 0.25) is 0 Å². The first-order valence-electron chi connectivity index (χ1n) is 9.26. The first-order valence-corrected chi connectivity index (χ1v) is 9.26. The highest BCUT2D eigenvalue weighted by Gasteiger charge is 2.31. The average Bonchev–Trinajstić information content (AvgIpc) is 2.73. The fourth-order valence-electron chi connectivity index (χ4n) is 2.78. The van der Waals surface area contributed by atoms with Crippen molar-refractivity contribution < 1.29 is 35.9 Å². The molecule has 0 heterocycles. The summed E-state index contributed by atoms with van der Waals surface area (Å²) in [6.07, 6.45) is -9.15. The highest BCUT2D eigenvalue weighted by Crippen LogP contribution is 2.31. The van der Waals surface area contributed by atoms with E-state index in [1.54, 1.807) is 0 Å². The van der Waals surface area contributed by atoms with E-state index in [-0.39, 0.29) is 22.6 Å². The number of benzene rings is 3. The predicted octanol–water partition coefficient (Wildman–Crippen LogP) is 6.62. The van der Waals surface area contributed by atoms with E-state index in [1.165, 1.54) is 36.4 Å². The molecule has 3 N–H and O–H groups in total. The van der Waals surface area contributed by atoms with Gasteiger partial charge in [-0.2, -0.15) is 26.3 Å². The van der Waals surface area contributed by atoms with Gasteiger partial charge in [0.1, 0.15) is 0 Å². The first kappa shape index (κ1) is 23.6. The van der Waals surface area contributed by atoms with Gasteiger partial charge >= 0.3 is 18.4 Å². The Morgan fingerprint density at radius 3 is 1.48 bits per heavy atom. The Hall–Kier alpha value is -4.02. The molecule has 33 heavy (non-hydrogen) atoms. The number of hydrogen-bond acceptors (Lipinski definition) is 2. The largest absolute Gasteiger partial charge is 0.416 e. The van der Waals surface area contributed by atoms with E-state index >= 15 is 0 Å². The van der Waals surface area contributed by atoms with E-state index in [9.17, 15) is 35.9 Å². The van der Waals surface area contributed by atoms with Crippen LogP contribution in [-0.4, -0.2) is 11.9 Å². The number of hydrogen-bond donors (Lipinski definition) is 3. The van der Waals surface area contributed by atoms with Gasteiger partial charge in [-0.15, -0.1) is 0 Å². The third-order valence-corrected chi connectivity index (χ3v) is 4.28. The molecule has 0 saturated carbocycles. The van der Waals surface area contributed by atoms with Crippen LogP contribution in [0.4, 0.5) is 48.2 Å². The molecule has 11 heteroatoms. The summed E-state index contributed by atoms with van der Waals surface area (Å²) < 4.78 is 76.8. The maximum absolute atomic E-state index is 12.8. The normalized spacial score (nSPS) is 11.6. The molecule has 0 atom stereocenters. The number of carbonyl (C=O) groups excluding carboxylic acids is 2. The van der Waals surface area contributed by atoms with Crippen molar-refractivity contribution in [3.05, 3.63) is 89.5 Å². The molecule has 0 aromatic heterocycles. The number of rotatable bonds is 4. The van der Waals surface area contributed by atoms with Crippen LogP contribution >= 0.6 is 0 Å². The second kappa shape index (κ2) is 9.23. The van der Waals surface area contributed by atoms with E-state index in [1.807, 2.05) is 0 Å². The minimum absolute atomic E-state index is 0.0317. The van der Waals surface area contributed by atoms with Crippen molar-refractivity contribution in [1.29, 1.82) is 0 Å².